The van der Waals surface area contributed by atoms with Crippen molar-refractivity contribution in [3.8, 4) is 0 Å². The molecular formula is C17H24N3OP. The Hall–Kier alpha value is -1.38. The summed E-state index contributed by atoms with van der Waals surface area (Å²) >= 11 is 0. The Bertz CT molecular complexity index is 797. The number of rotatable bonds is 1. The lowest BCUT2D eigenvalue weighted by Crippen LogP contribution is -2.50. The van der Waals surface area contributed by atoms with Crippen LogP contribution in [0.4, 0.5) is 5.69 Å². The first-order valence-corrected chi connectivity index (χ1v) is 8.35. The highest BCUT2D eigenvalue weighted by Gasteiger charge is 2.21. The number of hydrogen-bond donors (Lipinski definition) is 1. The lowest BCUT2D eigenvalue weighted by molar-refractivity contribution is 0.485. The van der Waals surface area contributed by atoms with Crippen molar-refractivity contribution in [1.82, 2.24) is 9.88 Å². The zero-order chi connectivity index (χ0) is 16.0. The van der Waals surface area contributed by atoms with Crippen molar-refractivity contribution in [2.45, 2.75) is 26.8 Å². The number of anilines is 1. The number of pyridine rings is 1. The van der Waals surface area contributed by atoms with Gasteiger partial charge in [-0.3, -0.25) is 4.79 Å². The largest absolute Gasteiger partial charge is 0.368 e. The highest BCUT2D eigenvalue weighted by atomic mass is 31.0. The van der Waals surface area contributed by atoms with Gasteiger partial charge < -0.3 is 14.8 Å². The minimum atomic E-state index is 0.139. The summed E-state index contributed by atoms with van der Waals surface area (Å²) in [6.07, 6.45) is 1.93. The van der Waals surface area contributed by atoms with E-state index in [0.717, 1.165) is 41.4 Å². The summed E-state index contributed by atoms with van der Waals surface area (Å²) < 4.78 is 2.08. The van der Waals surface area contributed by atoms with E-state index in [1.807, 2.05) is 26.2 Å². The van der Waals surface area contributed by atoms with Gasteiger partial charge in [-0.25, -0.2) is 0 Å². The molecule has 1 aliphatic rings. The Kier molecular flexibility index (Phi) is 4.00. The monoisotopic (exact) mass is 317 g/mol. The maximum Gasteiger partial charge on any atom is 0.192 e. The van der Waals surface area contributed by atoms with Crippen LogP contribution in [0.3, 0.4) is 0 Å². The zero-order valence-electron chi connectivity index (χ0n) is 13.7. The second-order valence-corrected chi connectivity index (χ2v) is 7.01. The summed E-state index contributed by atoms with van der Waals surface area (Å²) in [5.74, 6) is 0. The fraction of sp³-hybridized carbons (Fsp3) is 0.471. The van der Waals surface area contributed by atoms with Crippen LogP contribution >= 0.6 is 9.24 Å². The first-order chi connectivity index (χ1) is 10.4. The van der Waals surface area contributed by atoms with Crippen molar-refractivity contribution < 1.29 is 0 Å². The van der Waals surface area contributed by atoms with Crippen LogP contribution < -0.4 is 21.0 Å². The standard InChI is InChI=1S/C17H24N3OP/c1-10-8-19(4)15-12(3)16(14(22)7-13(15)17(10)21)20-6-5-18-11(2)9-20/h7-8,11,18H,5-6,9,22H2,1-4H3. The minimum absolute atomic E-state index is 0.139. The second kappa shape index (κ2) is 5.68. The van der Waals surface area contributed by atoms with Gasteiger partial charge >= 0.3 is 0 Å². The average molecular weight is 317 g/mol. The van der Waals surface area contributed by atoms with E-state index in [2.05, 4.69) is 37.9 Å². The highest BCUT2D eigenvalue weighted by molar-refractivity contribution is 7.28. The molecule has 3 rings (SSSR count). The third-order valence-electron chi connectivity index (χ3n) is 4.57. The molecule has 2 heterocycles. The molecule has 1 aromatic carbocycles. The molecule has 1 saturated heterocycles. The molecule has 0 saturated carbocycles. The molecule has 0 amide bonds. The van der Waals surface area contributed by atoms with Crippen LogP contribution in [-0.2, 0) is 7.05 Å². The Morgan fingerprint density at radius 3 is 2.77 bits per heavy atom. The van der Waals surface area contributed by atoms with Crippen molar-refractivity contribution in [2.75, 3.05) is 24.5 Å². The van der Waals surface area contributed by atoms with Crippen LogP contribution in [0, 0.1) is 13.8 Å². The summed E-state index contributed by atoms with van der Waals surface area (Å²) in [7, 11) is 4.84. The molecule has 22 heavy (non-hydrogen) atoms. The number of aromatic nitrogens is 1. The molecule has 0 radical (unpaired) electrons. The molecule has 2 aromatic rings. The van der Waals surface area contributed by atoms with Gasteiger partial charge in [0, 0.05) is 55.6 Å². The van der Waals surface area contributed by atoms with Gasteiger partial charge in [0.2, 0.25) is 0 Å². The van der Waals surface area contributed by atoms with Crippen molar-refractivity contribution in [3.05, 3.63) is 33.6 Å². The van der Waals surface area contributed by atoms with Gasteiger partial charge in [0.25, 0.3) is 0 Å². The SMILES string of the molecule is Cc1cn(C)c2c(C)c(N3CCNC(C)C3)c(P)cc2c1=O. The summed E-state index contributed by atoms with van der Waals surface area (Å²) in [6.45, 7) is 9.21. The van der Waals surface area contributed by atoms with E-state index in [9.17, 15) is 4.79 Å². The summed E-state index contributed by atoms with van der Waals surface area (Å²) in [4.78, 5) is 14.9. The normalized spacial score (nSPS) is 19.0. The van der Waals surface area contributed by atoms with E-state index in [-0.39, 0.29) is 5.43 Å². The molecule has 0 spiro atoms. The second-order valence-electron chi connectivity index (χ2n) is 6.39. The summed E-state index contributed by atoms with van der Waals surface area (Å²) in [6, 6.07) is 2.51. The number of fused-ring (bicyclic) bond motifs is 1. The molecule has 2 unspecified atom stereocenters. The van der Waals surface area contributed by atoms with E-state index >= 15 is 0 Å². The maximum absolute atomic E-state index is 12.5. The van der Waals surface area contributed by atoms with Crippen LogP contribution in [0.25, 0.3) is 10.9 Å². The van der Waals surface area contributed by atoms with Gasteiger partial charge in [-0.2, -0.15) is 0 Å². The predicted molar refractivity (Wildman–Crippen MR) is 97.7 cm³/mol. The van der Waals surface area contributed by atoms with Gasteiger partial charge in [0.1, 0.15) is 0 Å². The highest BCUT2D eigenvalue weighted by Crippen LogP contribution is 2.27. The molecule has 1 aliphatic heterocycles. The smallest absolute Gasteiger partial charge is 0.192 e. The number of nitrogens with zero attached hydrogens (tertiary/aromatic N) is 2. The molecule has 0 aliphatic carbocycles. The number of nitrogens with one attached hydrogen (secondary N) is 1. The molecule has 1 aromatic heterocycles. The average Bonchev–Trinajstić information content (AvgIpc) is 2.44. The number of aryl methyl sites for hydroxylation is 3. The molecule has 1 fully saturated rings. The summed E-state index contributed by atoms with van der Waals surface area (Å²) in [5.41, 5.74) is 4.42. The van der Waals surface area contributed by atoms with Crippen LogP contribution in [-0.4, -0.2) is 30.2 Å². The Labute approximate surface area is 133 Å². The van der Waals surface area contributed by atoms with Gasteiger partial charge in [-0.05, 0) is 37.7 Å². The van der Waals surface area contributed by atoms with Crippen molar-refractivity contribution in [2.24, 2.45) is 7.05 Å². The van der Waals surface area contributed by atoms with E-state index in [1.165, 1.54) is 11.3 Å². The van der Waals surface area contributed by atoms with Gasteiger partial charge in [-0.15, -0.1) is 9.24 Å². The van der Waals surface area contributed by atoms with Crippen molar-refractivity contribution in [3.63, 3.8) is 0 Å². The topological polar surface area (TPSA) is 37.3 Å². The molecule has 4 nitrogen and oxygen atoms in total. The molecule has 118 valence electrons. The molecule has 1 N–H and O–H groups in total. The predicted octanol–water partition coefficient (Wildman–Crippen LogP) is 1.45. The third-order valence-corrected chi connectivity index (χ3v) is 5.01. The van der Waals surface area contributed by atoms with Crippen LogP contribution in [0.5, 0.6) is 0 Å². The molecule has 5 heteroatoms. The number of piperazine rings is 1. The quantitative estimate of drug-likeness (QED) is 0.809. The number of benzene rings is 1. The Balaban J connectivity index is 2.27. The maximum atomic E-state index is 12.5. The lowest BCUT2D eigenvalue weighted by atomic mass is 10.0. The molecule has 2 atom stereocenters. The fourth-order valence-electron chi connectivity index (χ4n) is 3.63. The third kappa shape index (κ3) is 2.45. The van der Waals surface area contributed by atoms with E-state index in [4.69, 9.17) is 0 Å². The van der Waals surface area contributed by atoms with Gasteiger partial charge in [0.05, 0.1) is 5.52 Å². The van der Waals surface area contributed by atoms with Crippen molar-refractivity contribution >= 4 is 31.1 Å². The van der Waals surface area contributed by atoms with Gasteiger partial charge in [-0.1, -0.05) is 0 Å². The Morgan fingerprint density at radius 2 is 2.09 bits per heavy atom. The lowest BCUT2D eigenvalue weighted by Gasteiger charge is -2.36. The molecular weight excluding hydrogens is 293 g/mol. The first kappa shape index (κ1) is 15.5. The fourth-order valence-corrected chi connectivity index (χ4v) is 4.20. The molecule has 0 bridgehead atoms. The van der Waals surface area contributed by atoms with E-state index < -0.39 is 0 Å². The zero-order valence-corrected chi connectivity index (χ0v) is 14.9. The van der Waals surface area contributed by atoms with E-state index in [0.29, 0.717) is 6.04 Å². The van der Waals surface area contributed by atoms with Crippen LogP contribution in [0.15, 0.2) is 17.1 Å². The van der Waals surface area contributed by atoms with E-state index in [1.54, 1.807) is 0 Å². The van der Waals surface area contributed by atoms with Crippen molar-refractivity contribution in [1.29, 1.82) is 0 Å². The summed E-state index contributed by atoms with van der Waals surface area (Å²) in [5, 5.41) is 5.41. The first-order valence-electron chi connectivity index (χ1n) is 7.77. The van der Waals surface area contributed by atoms with Crippen LogP contribution in [0.1, 0.15) is 18.1 Å². The Morgan fingerprint density at radius 1 is 1.36 bits per heavy atom. The van der Waals surface area contributed by atoms with Gasteiger partial charge in [0.15, 0.2) is 5.43 Å². The minimum Gasteiger partial charge on any atom is -0.368 e. The number of hydrogen-bond acceptors (Lipinski definition) is 3. The van der Waals surface area contributed by atoms with Crippen LogP contribution in [0.2, 0.25) is 0 Å².